The summed E-state index contributed by atoms with van der Waals surface area (Å²) >= 11 is 1.26. The van der Waals surface area contributed by atoms with Crippen molar-refractivity contribution in [3.8, 4) is 5.69 Å². The van der Waals surface area contributed by atoms with Crippen molar-refractivity contribution in [2.45, 2.75) is 29.7 Å². The first-order valence-electron chi connectivity index (χ1n) is 9.64. The second-order valence-corrected chi connectivity index (χ2v) is 9.43. The average Bonchev–Trinajstić information content (AvgIpc) is 3.16. The summed E-state index contributed by atoms with van der Waals surface area (Å²) < 4.78 is 27.5. The molecule has 0 aliphatic heterocycles. The monoisotopic (exact) mass is 444 g/mol. The highest BCUT2D eigenvalue weighted by Crippen LogP contribution is 2.25. The SMILES string of the molecule is CCN(CC)C(=O)CSc1nnc(CS(=O)(=O)c2ccccc2)n1-c1ccccc1. The van der Waals surface area contributed by atoms with Gasteiger partial charge in [-0.15, -0.1) is 10.2 Å². The Bertz CT molecular complexity index is 1080. The third-order valence-electron chi connectivity index (χ3n) is 4.58. The highest BCUT2D eigenvalue weighted by Gasteiger charge is 2.23. The van der Waals surface area contributed by atoms with Gasteiger partial charge in [-0.05, 0) is 38.1 Å². The van der Waals surface area contributed by atoms with Gasteiger partial charge in [-0.25, -0.2) is 8.42 Å². The van der Waals surface area contributed by atoms with Crippen molar-refractivity contribution in [2.24, 2.45) is 0 Å². The van der Waals surface area contributed by atoms with Gasteiger partial charge in [0.25, 0.3) is 0 Å². The summed E-state index contributed by atoms with van der Waals surface area (Å²) in [6, 6.07) is 17.6. The molecule has 158 valence electrons. The largest absolute Gasteiger partial charge is 0.343 e. The number of amides is 1. The van der Waals surface area contributed by atoms with Crippen LogP contribution in [0.3, 0.4) is 0 Å². The van der Waals surface area contributed by atoms with Crippen molar-refractivity contribution >= 4 is 27.5 Å². The van der Waals surface area contributed by atoms with Gasteiger partial charge in [-0.2, -0.15) is 0 Å². The van der Waals surface area contributed by atoms with Crippen LogP contribution in [0.4, 0.5) is 0 Å². The smallest absolute Gasteiger partial charge is 0.233 e. The molecule has 30 heavy (non-hydrogen) atoms. The maximum atomic E-state index is 12.9. The van der Waals surface area contributed by atoms with Gasteiger partial charge < -0.3 is 4.90 Å². The van der Waals surface area contributed by atoms with Gasteiger partial charge in [-0.1, -0.05) is 48.2 Å². The molecule has 0 bridgehead atoms. The molecule has 0 atom stereocenters. The van der Waals surface area contributed by atoms with Crippen LogP contribution in [-0.2, 0) is 20.4 Å². The minimum absolute atomic E-state index is 0.00562. The number of aromatic nitrogens is 3. The van der Waals surface area contributed by atoms with E-state index in [4.69, 9.17) is 0 Å². The second-order valence-electron chi connectivity index (χ2n) is 6.50. The molecule has 0 spiro atoms. The third kappa shape index (κ3) is 5.09. The van der Waals surface area contributed by atoms with E-state index in [0.717, 1.165) is 5.69 Å². The molecular formula is C21H24N4O3S2. The quantitative estimate of drug-likeness (QED) is 0.471. The van der Waals surface area contributed by atoms with Crippen molar-refractivity contribution in [2.75, 3.05) is 18.8 Å². The van der Waals surface area contributed by atoms with E-state index < -0.39 is 9.84 Å². The average molecular weight is 445 g/mol. The minimum atomic E-state index is -3.59. The van der Waals surface area contributed by atoms with Gasteiger partial charge in [0.1, 0.15) is 5.75 Å². The van der Waals surface area contributed by atoms with Gasteiger partial charge in [0, 0.05) is 18.8 Å². The van der Waals surface area contributed by atoms with Gasteiger partial charge in [0.05, 0.1) is 10.6 Å². The van der Waals surface area contributed by atoms with Crippen molar-refractivity contribution in [3.05, 3.63) is 66.5 Å². The van der Waals surface area contributed by atoms with Gasteiger partial charge >= 0.3 is 0 Å². The molecule has 0 saturated heterocycles. The number of carbonyl (C=O) groups excluding carboxylic acids is 1. The Morgan fingerprint density at radius 2 is 1.57 bits per heavy atom. The first-order chi connectivity index (χ1) is 14.5. The van der Waals surface area contributed by atoms with Crippen LogP contribution in [0.5, 0.6) is 0 Å². The van der Waals surface area contributed by atoms with Gasteiger partial charge in [-0.3, -0.25) is 9.36 Å². The molecule has 1 aromatic heterocycles. The molecule has 1 heterocycles. The summed E-state index contributed by atoms with van der Waals surface area (Å²) in [5.74, 6) is 0.232. The fourth-order valence-electron chi connectivity index (χ4n) is 3.00. The van der Waals surface area contributed by atoms with Gasteiger partial charge in [0.15, 0.2) is 20.8 Å². The van der Waals surface area contributed by atoms with E-state index in [1.807, 2.05) is 44.2 Å². The molecule has 2 aromatic carbocycles. The lowest BCUT2D eigenvalue weighted by molar-refractivity contribution is -0.127. The summed E-state index contributed by atoms with van der Waals surface area (Å²) in [6.45, 7) is 5.15. The molecule has 0 N–H and O–H groups in total. The lowest BCUT2D eigenvalue weighted by atomic mass is 10.3. The number of hydrogen-bond donors (Lipinski definition) is 0. The Morgan fingerprint density at radius 1 is 0.967 bits per heavy atom. The molecule has 0 fully saturated rings. The zero-order valence-corrected chi connectivity index (χ0v) is 18.6. The summed E-state index contributed by atoms with van der Waals surface area (Å²) in [5.41, 5.74) is 0.749. The number of carbonyl (C=O) groups is 1. The third-order valence-corrected chi connectivity index (χ3v) is 7.12. The minimum Gasteiger partial charge on any atom is -0.343 e. The number of para-hydroxylation sites is 1. The van der Waals surface area contributed by atoms with Crippen LogP contribution in [0.25, 0.3) is 5.69 Å². The molecule has 3 aromatic rings. The normalized spacial score (nSPS) is 11.4. The molecular weight excluding hydrogens is 420 g/mol. The van der Waals surface area contributed by atoms with Crippen LogP contribution in [-0.4, -0.2) is 52.8 Å². The van der Waals surface area contributed by atoms with Crippen LogP contribution in [0.2, 0.25) is 0 Å². The summed E-state index contributed by atoms with van der Waals surface area (Å²) in [7, 11) is -3.59. The Kier molecular flexibility index (Phi) is 7.28. The van der Waals surface area contributed by atoms with E-state index in [9.17, 15) is 13.2 Å². The van der Waals surface area contributed by atoms with Crippen molar-refractivity contribution in [1.82, 2.24) is 19.7 Å². The summed E-state index contributed by atoms with van der Waals surface area (Å²) in [6.07, 6.45) is 0. The molecule has 0 radical (unpaired) electrons. The first kappa shape index (κ1) is 22.0. The lowest BCUT2D eigenvalue weighted by Crippen LogP contribution is -2.31. The molecule has 0 aliphatic rings. The van der Waals surface area contributed by atoms with Gasteiger partial charge in [0.2, 0.25) is 5.91 Å². The number of nitrogens with zero attached hydrogens (tertiary/aromatic N) is 4. The predicted molar refractivity (Wildman–Crippen MR) is 117 cm³/mol. The zero-order valence-electron chi connectivity index (χ0n) is 16.9. The highest BCUT2D eigenvalue weighted by atomic mass is 32.2. The number of benzene rings is 2. The molecule has 3 rings (SSSR count). The van der Waals surface area contributed by atoms with Crippen LogP contribution in [0.15, 0.2) is 70.7 Å². The van der Waals surface area contributed by atoms with Crippen LogP contribution >= 0.6 is 11.8 Å². The van der Waals surface area contributed by atoms with Crippen molar-refractivity contribution in [1.29, 1.82) is 0 Å². The lowest BCUT2D eigenvalue weighted by Gasteiger charge is -2.18. The van der Waals surface area contributed by atoms with E-state index in [2.05, 4.69) is 10.2 Å². The topological polar surface area (TPSA) is 85.2 Å². The number of rotatable bonds is 9. The van der Waals surface area contributed by atoms with E-state index in [1.54, 1.807) is 39.8 Å². The van der Waals surface area contributed by atoms with Crippen LogP contribution in [0.1, 0.15) is 19.7 Å². The molecule has 0 unspecified atom stereocenters. The van der Waals surface area contributed by atoms with E-state index >= 15 is 0 Å². The zero-order chi connectivity index (χ0) is 21.6. The number of hydrogen-bond acceptors (Lipinski definition) is 6. The Labute approximate surface area is 181 Å². The fourth-order valence-corrected chi connectivity index (χ4v) is 5.14. The molecule has 0 aliphatic carbocycles. The molecule has 9 heteroatoms. The second kappa shape index (κ2) is 9.90. The standard InChI is InChI=1S/C21H24N4O3S2/c1-3-24(4-2)20(26)15-29-21-23-22-19(25(21)17-11-7-5-8-12-17)16-30(27,28)18-13-9-6-10-14-18/h5-14H,3-4,15-16H2,1-2H3. The number of sulfone groups is 1. The van der Waals surface area contributed by atoms with Crippen LogP contribution < -0.4 is 0 Å². The van der Waals surface area contributed by atoms with E-state index in [1.165, 1.54) is 11.8 Å². The Morgan fingerprint density at radius 3 is 2.17 bits per heavy atom. The molecule has 1 amide bonds. The predicted octanol–water partition coefficient (Wildman–Crippen LogP) is 3.20. The highest BCUT2D eigenvalue weighted by molar-refractivity contribution is 7.99. The van der Waals surface area contributed by atoms with E-state index in [-0.39, 0.29) is 22.3 Å². The Balaban J connectivity index is 1.92. The van der Waals surface area contributed by atoms with Crippen LogP contribution in [0, 0.1) is 0 Å². The molecule has 0 saturated carbocycles. The fraction of sp³-hybridized carbons (Fsp3) is 0.286. The molecule has 7 nitrogen and oxygen atoms in total. The first-order valence-corrected chi connectivity index (χ1v) is 12.3. The van der Waals surface area contributed by atoms with Crippen molar-refractivity contribution in [3.63, 3.8) is 0 Å². The maximum Gasteiger partial charge on any atom is 0.233 e. The maximum absolute atomic E-state index is 12.9. The Hall–Kier alpha value is -2.65. The van der Waals surface area contributed by atoms with E-state index in [0.29, 0.717) is 24.1 Å². The number of thioether (sulfide) groups is 1. The van der Waals surface area contributed by atoms with Crippen molar-refractivity contribution < 1.29 is 13.2 Å². The summed E-state index contributed by atoms with van der Waals surface area (Å²) in [4.78, 5) is 14.4. The summed E-state index contributed by atoms with van der Waals surface area (Å²) in [5, 5.41) is 8.83.